The van der Waals surface area contributed by atoms with Gasteiger partial charge in [0.15, 0.2) is 0 Å². The molecule has 0 saturated carbocycles. The fourth-order valence-electron chi connectivity index (χ4n) is 3.73. The number of rotatable bonds is 10. The zero-order valence-electron chi connectivity index (χ0n) is 21.3. The second-order valence-electron chi connectivity index (χ2n) is 8.56. The maximum absolute atomic E-state index is 13.4. The Bertz CT molecular complexity index is 1550. The molecule has 196 valence electrons. The lowest BCUT2D eigenvalue weighted by atomic mass is 10.1. The van der Waals surface area contributed by atoms with Crippen LogP contribution in [0.3, 0.4) is 0 Å². The van der Waals surface area contributed by atoms with E-state index in [4.69, 9.17) is 9.47 Å². The van der Waals surface area contributed by atoms with Gasteiger partial charge in [-0.05, 0) is 62.2 Å². The summed E-state index contributed by atoms with van der Waals surface area (Å²) in [6.45, 7) is 4.27. The molecule has 2 heterocycles. The van der Waals surface area contributed by atoms with Crippen molar-refractivity contribution in [3.8, 4) is 11.5 Å². The summed E-state index contributed by atoms with van der Waals surface area (Å²) < 4.78 is 13.2. The Hall–Kier alpha value is -4.73. The number of ether oxygens (including phenoxy) is 2. The van der Waals surface area contributed by atoms with Crippen molar-refractivity contribution in [2.24, 2.45) is 4.99 Å². The van der Waals surface area contributed by atoms with E-state index in [0.717, 1.165) is 15.7 Å². The molecule has 2 aromatic carbocycles. The number of carbonyl (C=O) groups is 1. The van der Waals surface area contributed by atoms with Crippen molar-refractivity contribution in [1.29, 1.82) is 0 Å². The van der Waals surface area contributed by atoms with E-state index in [1.807, 2.05) is 31.2 Å². The summed E-state index contributed by atoms with van der Waals surface area (Å²) in [6.07, 6.45) is 3.68. The van der Waals surface area contributed by atoms with Gasteiger partial charge in [-0.3, -0.25) is 19.3 Å². The van der Waals surface area contributed by atoms with Crippen molar-refractivity contribution in [1.82, 2.24) is 19.1 Å². The van der Waals surface area contributed by atoms with Gasteiger partial charge in [-0.15, -0.1) is 0 Å². The summed E-state index contributed by atoms with van der Waals surface area (Å²) in [5, 5.41) is 0. The highest BCUT2D eigenvalue weighted by Gasteiger charge is 2.11. The minimum absolute atomic E-state index is 0.0716. The Morgan fingerprint density at radius 3 is 2.32 bits per heavy atom. The Morgan fingerprint density at radius 2 is 1.63 bits per heavy atom. The Morgan fingerprint density at radius 1 is 0.947 bits per heavy atom. The number of pyridine rings is 1. The van der Waals surface area contributed by atoms with Gasteiger partial charge in [0.1, 0.15) is 11.5 Å². The number of aryl methyl sites for hydroxylation is 1. The molecule has 0 amide bonds. The van der Waals surface area contributed by atoms with Crippen LogP contribution in [0.25, 0.3) is 0 Å². The number of H-pyrrole nitrogens is 1. The van der Waals surface area contributed by atoms with Crippen molar-refractivity contribution < 1.29 is 14.3 Å². The fraction of sp³-hybridized carbons (Fsp3) is 0.250. The number of benzene rings is 2. The van der Waals surface area contributed by atoms with Crippen LogP contribution in [0.5, 0.6) is 11.5 Å². The summed E-state index contributed by atoms with van der Waals surface area (Å²) in [5.41, 5.74) is 1.49. The molecule has 0 aliphatic carbocycles. The monoisotopic (exact) mass is 515 g/mol. The van der Waals surface area contributed by atoms with Crippen molar-refractivity contribution in [3.05, 3.63) is 111 Å². The molecule has 0 saturated heterocycles. The second-order valence-corrected chi connectivity index (χ2v) is 8.56. The van der Waals surface area contributed by atoms with Crippen LogP contribution < -0.4 is 21.7 Å². The fourth-order valence-corrected chi connectivity index (χ4v) is 3.73. The molecule has 0 fully saturated rings. The molecule has 0 spiro atoms. The van der Waals surface area contributed by atoms with Crippen molar-refractivity contribution in [3.63, 3.8) is 0 Å². The number of carbonyl (C=O) groups excluding carboxylic acids is 1. The van der Waals surface area contributed by atoms with E-state index < -0.39 is 11.4 Å². The predicted molar refractivity (Wildman–Crippen MR) is 141 cm³/mol. The van der Waals surface area contributed by atoms with E-state index in [9.17, 15) is 14.4 Å². The van der Waals surface area contributed by atoms with E-state index in [-0.39, 0.29) is 37.7 Å². The molecular formula is C28H29N5O5. The van der Waals surface area contributed by atoms with Crippen molar-refractivity contribution in [2.75, 3.05) is 6.61 Å². The third-order valence-corrected chi connectivity index (χ3v) is 5.67. The molecule has 0 atom stereocenters. The Kier molecular flexibility index (Phi) is 8.65. The molecule has 10 heteroatoms. The molecule has 0 aliphatic heterocycles. The van der Waals surface area contributed by atoms with Gasteiger partial charge in [-0.25, -0.2) is 19.1 Å². The van der Waals surface area contributed by atoms with Crippen LogP contribution in [-0.2, 0) is 22.6 Å². The van der Waals surface area contributed by atoms with Crippen molar-refractivity contribution >= 4 is 11.7 Å². The summed E-state index contributed by atoms with van der Waals surface area (Å²) in [5.74, 6) is 0.886. The molecule has 0 bridgehead atoms. The average Bonchev–Trinajstić information content (AvgIpc) is 2.91. The highest BCUT2D eigenvalue weighted by atomic mass is 16.5. The highest BCUT2D eigenvalue weighted by molar-refractivity contribution is 5.69. The normalized spacial score (nSPS) is 11.4. The topological polar surface area (TPSA) is 121 Å². The smallest absolute Gasteiger partial charge is 0.335 e. The lowest BCUT2D eigenvalue weighted by molar-refractivity contribution is -0.143. The van der Waals surface area contributed by atoms with Crippen LogP contribution in [0.2, 0.25) is 0 Å². The van der Waals surface area contributed by atoms with Gasteiger partial charge in [0.05, 0.1) is 18.8 Å². The van der Waals surface area contributed by atoms with Gasteiger partial charge in [0.25, 0.3) is 0 Å². The lowest BCUT2D eigenvalue weighted by Gasteiger charge is -2.11. The van der Waals surface area contributed by atoms with Crippen LogP contribution in [-0.4, -0.2) is 31.7 Å². The lowest BCUT2D eigenvalue weighted by Crippen LogP contribution is -2.50. The summed E-state index contributed by atoms with van der Waals surface area (Å²) in [6, 6.07) is 18.2. The summed E-state index contributed by atoms with van der Waals surface area (Å²) in [4.78, 5) is 49.2. The number of hydrogen-bond acceptors (Lipinski definition) is 7. The zero-order valence-corrected chi connectivity index (χ0v) is 21.3. The van der Waals surface area contributed by atoms with Crippen LogP contribution in [0.1, 0.15) is 30.9 Å². The molecule has 0 unspecified atom stereocenters. The molecule has 10 nitrogen and oxygen atoms in total. The summed E-state index contributed by atoms with van der Waals surface area (Å²) >= 11 is 0. The molecule has 0 aliphatic rings. The van der Waals surface area contributed by atoms with Gasteiger partial charge in [-0.1, -0.05) is 29.8 Å². The number of esters is 1. The van der Waals surface area contributed by atoms with E-state index in [1.165, 1.54) is 4.57 Å². The number of aromatic nitrogens is 4. The predicted octanol–water partition coefficient (Wildman–Crippen LogP) is 3.46. The third-order valence-electron chi connectivity index (χ3n) is 5.67. The first-order valence-electron chi connectivity index (χ1n) is 12.3. The number of aromatic amines is 1. The van der Waals surface area contributed by atoms with E-state index in [1.54, 1.807) is 55.7 Å². The minimum Gasteiger partial charge on any atom is -0.466 e. The largest absolute Gasteiger partial charge is 0.466 e. The van der Waals surface area contributed by atoms with Gasteiger partial charge in [-0.2, -0.15) is 0 Å². The van der Waals surface area contributed by atoms with Crippen LogP contribution >= 0.6 is 0 Å². The van der Waals surface area contributed by atoms with E-state index in [2.05, 4.69) is 15.0 Å². The quantitative estimate of drug-likeness (QED) is 0.323. The number of nitrogens with zero attached hydrogens (tertiary/aromatic N) is 4. The first kappa shape index (κ1) is 26.3. The average molecular weight is 516 g/mol. The van der Waals surface area contributed by atoms with Gasteiger partial charge in [0, 0.05) is 25.4 Å². The standard InChI is InChI=1S/C28H29N5O5/c1-3-37-25(34)5-4-18-32-27(35)31-26(33(28(32)36)19-21-8-6-20(2)7-9-21)30-22-10-12-23(13-11-22)38-24-14-16-29-17-15-24/h6-17H,3-5,18-19H2,1-2H3,(H,30,31,35). The second kappa shape index (κ2) is 12.5. The van der Waals surface area contributed by atoms with E-state index in [0.29, 0.717) is 23.6 Å². The maximum atomic E-state index is 13.4. The van der Waals surface area contributed by atoms with E-state index >= 15 is 0 Å². The zero-order chi connectivity index (χ0) is 26.9. The Balaban J connectivity index is 1.67. The maximum Gasteiger partial charge on any atom is 0.335 e. The van der Waals surface area contributed by atoms with Crippen LogP contribution in [0, 0.1) is 6.92 Å². The number of hydrogen-bond donors (Lipinski definition) is 1. The van der Waals surface area contributed by atoms with Gasteiger partial charge < -0.3 is 9.47 Å². The van der Waals surface area contributed by atoms with Gasteiger partial charge >= 0.3 is 17.3 Å². The highest BCUT2D eigenvalue weighted by Crippen LogP contribution is 2.23. The molecule has 4 aromatic rings. The molecular weight excluding hydrogens is 486 g/mol. The molecule has 1 N–H and O–H groups in total. The third kappa shape index (κ3) is 6.94. The first-order valence-corrected chi connectivity index (χ1v) is 12.3. The number of nitrogens with one attached hydrogen (secondary N) is 1. The molecule has 38 heavy (non-hydrogen) atoms. The molecule has 4 rings (SSSR count). The van der Waals surface area contributed by atoms with Crippen LogP contribution in [0.4, 0.5) is 5.69 Å². The Labute approximate surface area is 218 Å². The van der Waals surface area contributed by atoms with Gasteiger partial charge in [0.2, 0.25) is 5.62 Å². The van der Waals surface area contributed by atoms with Crippen molar-refractivity contribution in [2.45, 2.75) is 39.8 Å². The molecule has 2 aromatic heterocycles. The first-order chi connectivity index (χ1) is 18.4. The molecule has 0 radical (unpaired) electrons. The van der Waals surface area contributed by atoms with Crippen LogP contribution in [0.15, 0.2) is 87.6 Å². The SMILES string of the molecule is CCOC(=O)CCCn1c(=O)[nH]/c(=N\c2ccc(Oc3ccncc3)cc2)n(Cc2ccc(C)cc2)c1=O. The summed E-state index contributed by atoms with van der Waals surface area (Å²) in [7, 11) is 0. The minimum atomic E-state index is -0.601.